The van der Waals surface area contributed by atoms with Crippen LogP contribution >= 0.6 is 11.6 Å². The zero-order valence-corrected chi connectivity index (χ0v) is 12.5. The Labute approximate surface area is 123 Å². The molecule has 1 aromatic carbocycles. The predicted molar refractivity (Wildman–Crippen MR) is 78.6 cm³/mol. The van der Waals surface area contributed by atoms with Crippen molar-refractivity contribution in [2.24, 2.45) is 10.2 Å². The summed E-state index contributed by atoms with van der Waals surface area (Å²) in [5.74, 6) is 0.794. The molecule has 2 rings (SSSR count). The lowest BCUT2D eigenvalue weighted by atomic mass is 10.0. The fourth-order valence-electron chi connectivity index (χ4n) is 1.91. The number of nitrogens with zero attached hydrogens (tertiary/aromatic N) is 2. The molecule has 1 aliphatic rings. The first-order chi connectivity index (χ1) is 9.47. The molecule has 0 fully saturated rings. The molecule has 0 aliphatic carbocycles. The second kappa shape index (κ2) is 6.18. The van der Waals surface area contributed by atoms with Crippen molar-refractivity contribution in [3.63, 3.8) is 0 Å². The molecule has 0 bridgehead atoms. The van der Waals surface area contributed by atoms with Gasteiger partial charge in [0.1, 0.15) is 18.4 Å². The first kappa shape index (κ1) is 14.7. The molecule has 1 atom stereocenters. The molecule has 1 heterocycles. The first-order valence-corrected chi connectivity index (χ1v) is 6.91. The number of azo groups is 1. The number of hydrogen-bond acceptors (Lipinski definition) is 3. The third kappa shape index (κ3) is 3.45. The number of carbonyl (C=O) groups is 1. The number of hydrogen-bond donors (Lipinski definition) is 0. The molecule has 0 saturated heterocycles. The minimum Gasteiger partial charge on any atom is -0.491 e. The number of aryl methyl sites for hydroxylation is 1. The van der Waals surface area contributed by atoms with Gasteiger partial charge in [-0.15, -0.1) is 5.11 Å². The van der Waals surface area contributed by atoms with Gasteiger partial charge in [-0.25, -0.2) is 0 Å². The minimum atomic E-state index is -0.327. The van der Waals surface area contributed by atoms with E-state index in [1.54, 1.807) is 6.08 Å². The Kier molecular flexibility index (Phi) is 4.55. The number of ether oxygens (including phenoxy) is 1. The van der Waals surface area contributed by atoms with E-state index in [4.69, 9.17) is 16.3 Å². The Bertz CT molecular complexity index is 563. The van der Waals surface area contributed by atoms with Crippen molar-refractivity contribution in [1.29, 1.82) is 0 Å². The average Bonchev–Trinajstić information content (AvgIpc) is 2.41. The van der Waals surface area contributed by atoms with Crippen LogP contribution in [-0.4, -0.2) is 18.6 Å². The van der Waals surface area contributed by atoms with Crippen LogP contribution in [0.4, 0.5) is 0 Å². The molecule has 20 heavy (non-hydrogen) atoms. The van der Waals surface area contributed by atoms with Crippen molar-refractivity contribution in [3.05, 3.63) is 40.4 Å². The normalized spacial score (nSPS) is 17.9. The van der Waals surface area contributed by atoms with E-state index in [2.05, 4.69) is 24.1 Å². The van der Waals surface area contributed by atoms with Crippen LogP contribution in [0.3, 0.4) is 0 Å². The summed E-state index contributed by atoms with van der Waals surface area (Å²) < 4.78 is 5.83. The number of rotatable bonds is 4. The standard InChI is InChI=1S/C15H17ClN2O2/c1-9(2)12-7-13(16)10(3)6-14(12)20-8-11-4-5-15(19)18-17-11/h4-7,9,11H,8H2,1-3H3. The number of benzene rings is 1. The van der Waals surface area contributed by atoms with Crippen LogP contribution in [0.15, 0.2) is 34.5 Å². The van der Waals surface area contributed by atoms with E-state index >= 15 is 0 Å². The Balaban J connectivity index is 2.13. The maximum Gasteiger partial charge on any atom is 0.287 e. The van der Waals surface area contributed by atoms with Crippen LogP contribution in [0.2, 0.25) is 5.02 Å². The Morgan fingerprint density at radius 1 is 1.40 bits per heavy atom. The zero-order chi connectivity index (χ0) is 14.7. The summed E-state index contributed by atoms with van der Waals surface area (Å²) in [6.45, 7) is 6.48. The van der Waals surface area contributed by atoms with Gasteiger partial charge in [-0.05, 0) is 42.2 Å². The molecule has 106 valence electrons. The molecule has 0 spiro atoms. The molecule has 1 amide bonds. The van der Waals surface area contributed by atoms with Crippen LogP contribution in [0, 0.1) is 6.92 Å². The van der Waals surface area contributed by atoms with Gasteiger partial charge in [-0.1, -0.05) is 25.4 Å². The third-order valence-corrected chi connectivity index (χ3v) is 3.50. The van der Waals surface area contributed by atoms with Crippen LogP contribution < -0.4 is 4.74 Å². The average molecular weight is 293 g/mol. The minimum absolute atomic E-state index is 0.219. The van der Waals surface area contributed by atoms with Gasteiger partial charge in [-0.3, -0.25) is 4.79 Å². The van der Waals surface area contributed by atoms with Gasteiger partial charge in [0.25, 0.3) is 5.91 Å². The van der Waals surface area contributed by atoms with E-state index in [9.17, 15) is 4.79 Å². The molecule has 5 heteroatoms. The number of amides is 1. The van der Waals surface area contributed by atoms with Crippen molar-refractivity contribution in [2.45, 2.75) is 32.7 Å². The third-order valence-electron chi connectivity index (χ3n) is 3.09. The Morgan fingerprint density at radius 2 is 2.15 bits per heavy atom. The fraction of sp³-hybridized carbons (Fsp3) is 0.400. The maximum atomic E-state index is 10.9. The summed E-state index contributed by atoms with van der Waals surface area (Å²) in [5, 5.41) is 8.13. The van der Waals surface area contributed by atoms with E-state index in [1.807, 2.05) is 19.1 Å². The van der Waals surface area contributed by atoms with E-state index in [0.29, 0.717) is 12.5 Å². The number of carbonyl (C=O) groups excluding carboxylic acids is 1. The molecule has 4 nitrogen and oxygen atoms in total. The number of halogens is 1. The summed E-state index contributed by atoms with van der Waals surface area (Å²) in [6, 6.07) is 3.66. The van der Waals surface area contributed by atoms with Crippen LogP contribution in [0.1, 0.15) is 30.9 Å². The highest BCUT2D eigenvalue weighted by molar-refractivity contribution is 6.31. The van der Waals surface area contributed by atoms with Gasteiger partial charge in [0, 0.05) is 11.1 Å². The zero-order valence-electron chi connectivity index (χ0n) is 11.8. The van der Waals surface area contributed by atoms with Crippen molar-refractivity contribution < 1.29 is 9.53 Å². The highest BCUT2D eigenvalue weighted by Crippen LogP contribution is 2.32. The molecule has 0 N–H and O–H groups in total. The van der Waals surface area contributed by atoms with Gasteiger partial charge in [-0.2, -0.15) is 5.11 Å². The van der Waals surface area contributed by atoms with Crippen molar-refractivity contribution in [1.82, 2.24) is 0 Å². The van der Waals surface area contributed by atoms with Gasteiger partial charge >= 0.3 is 0 Å². The second-order valence-electron chi connectivity index (χ2n) is 5.09. The molecular formula is C15H17ClN2O2. The van der Waals surface area contributed by atoms with Crippen molar-refractivity contribution in [3.8, 4) is 5.75 Å². The Morgan fingerprint density at radius 3 is 2.75 bits per heavy atom. The second-order valence-corrected chi connectivity index (χ2v) is 5.49. The van der Waals surface area contributed by atoms with Crippen molar-refractivity contribution in [2.75, 3.05) is 6.61 Å². The van der Waals surface area contributed by atoms with Gasteiger partial charge in [0.2, 0.25) is 0 Å². The van der Waals surface area contributed by atoms with Gasteiger partial charge in [0.15, 0.2) is 0 Å². The smallest absolute Gasteiger partial charge is 0.287 e. The molecule has 1 aromatic rings. The summed E-state index contributed by atoms with van der Waals surface area (Å²) >= 11 is 6.16. The quantitative estimate of drug-likeness (QED) is 0.840. The summed E-state index contributed by atoms with van der Waals surface area (Å²) in [5.41, 5.74) is 2.04. The van der Waals surface area contributed by atoms with Crippen LogP contribution in [0.5, 0.6) is 5.75 Å². The predicted octanol–water partition coefficient (Wildman–Crippen LogP) is 4.07. The van der Waals surface area contributed by atoms with E-state index in [1.165, 1.54) is 6.08 Å². The molecule has 0 aromatic heterocycles. The maximum absolute atomic E-state index is 10.9. The van der Waals surface area contributed by atoms with E-state index < -0.39 is 0 Å². The molecule has 0 radical (unpaired) electrons. The highest BCUT2D eigenvalue weighted by atomic mass is 35.5. The van der Waals surface area contributed by atoms with Gasteiger partial charge < -0.3 is 4.74 Å². The van der Waals surface area contributed by atoms with E-state index in [-0.39, 0.29) is 11.9 Å². The van der Waals surface area contributed by atoms with Gasteiger partial charge in [0.05, 0.1) is 0 Å². The first-order valence-electron chi connectivity index (χ1n) is 6.53. The summed E-state index contributed by atoms with van der Waals surface area (Å²) in [7, 11) is 0. The Hall–Kier alpha value is -1.68. The molecule has 1 unspecified atom stereocenters. The van der Waals surface area contributed by atoms with Crippen LogP contribution in [-0.2, 0) is 4.79 Å². The topological polar surface area (TPSA) is 51.0 Å². The summed E-state index contributed by atoms with van der Waals surface area (Å²) in [4.78, 5) is 10.9. The molecular weight excluding hydrogens is 276 g/mol. The monoisotopic (exact) mass is 292 g/mol. The van der Waals surface area contributed by atoms with E-state index in [0.717, 1.165) is 21.9 Å². The SMILES string of the molecule is Cc1cc(OCC2C=CC(=O)N=N2)c(C(C)C)cc1Cl. The molecule has 1 aliphatic heterocycles. The summed E-state index contributed by atoms with van der Waals surface area (Å²) in [6.07, 6.45) is 3.12. The van der Waals surface area contributed by atoms with Crippen molar-refractivity contribution >= 4 is 17.5 Å². The van der Waals surface area contributed by atoms with Crippen LogP contribution in [0.25, 0.3) is 0 Å². The fourth-order valence-corrected chi connectivity index (χ4v) is 2.08. The lowest BCUT2D eigenvalue weighted by Crippen LogP contribution is -2.16. The lowest BCUT2D eigenvalue weighted by Gasteiger charge is -2.17. The molecule has 0 saturated carbocycles. The lowest BCUT2D eigenvalue weighted by molar-refractivity contribution is -0.114. The largest absolute Gasteiger partial charge is 0.491 e. The highest BCUT2D eigenvalue weighted by Gasteiger charge is 2.14.